The number of anilines is 1. The maximum absolute atomic E-state index is 11.9. The number of rotatable bonds is 8. The van der Waals surface area contributed by atoms with E-state index in [9.17, 15) is 9.59 Å². The maximum Gasteiger partial charge on any atom is 0.226 e. The van der Waals surface area contributed by atoms with E-state index in [1.165, 1.54) is 7.11 Å². The molecule has 0 bridgehead atoms. The Morgan fingerprint density at radius 2 is 2.09 bits per heavy atom. The van der Waals surface area contributed by atoms with Gasteiger partial charge in [-0.25, -0.2) is 0 Å². The van der Waals surface area contributed by atoms with Crippen LogP contribution in [0.4, 0.5) is 5.69 Å². The van der Waals surface area contributed by atoms with Gasteiger partial charge in [0.15, 0.2) is 0 Å². The van der Waals surface area contributed by atoms with Crippen molar-refractivity contribution in [1.29, 1.82) is 0 Å². The molecule has 122 valence electrons. The van der Waals surface area contributed by atoms with Crippen LogP contribution in [0, 0.1) is 6.92 Å². The Morgan fingerprint density at radius 3 is 2.73 bits per heavy atom. The Balaban J connectivity index is 2.34. The summed E-state index contributed by atoms with van der Waals surface area (Å²) in [5.41, 5.74) is 7.18. The molecular weight excluding hydrogens is 350 g/mol. The summed E-state index contributed by atoms with van der Waals surface area (Å²) < 4.78 is 5.93. The van der Waals surface area contributed by atoms with Crippen LogP contribution in [0.2, 0.25) is 0 Å². The Hall–Kier alpha value is -1.44. The second-order valence-electron chi connectivity index (χ2n) is 4.90. The van der Waals surface area contributed by atoms with Gasteiger partial charge in [-0.15, -0.1) is 0 Å². The van der Waals surface area contributed by atoms with Crippen molar-refractivity contribution in [2.75, 3.05) is 25.5 Å². The average molecular weight is 372 g/mol. The molecule has 2 amide bonds. The van der Waals surface area contributed by atoms with Gasteiger partial charge in [-0.3, -0.25) is 9.59 Å². The first-order chi connectivity index (χ1) is 10.5. The van der Waals surface area contributed by atoms with Crippen molar-refractivity contribution in [3.05, 3.63) is 28.2 Å². The van der Waals surface area contributed by atoms with E-state index >= 15 is 0 Å². The van der Waals surface area contributed by atoms with Gasteiger partial charge in [0.05, 0.1) is 12.5 Å². The van der Waals surface area contributed by atoms with E-state index in [0.29, 0.717) is 0 Å². The predicted octanol–water partition coefficient (Wildman–Crippen LogP) is 1.57. The van der Waals surface area contributed by atoms with E-state index in [1.54, 1.807) is 0 Å². The molecule has 0 saturated carbocycles. The quantitative estimate of drug-likeness (QED) is 0.646. The zero-order valence-corrected chi connectivity index (χ0v) is 14.4. The summed E-state index contributed by atoms with van der Waals surface area (Å²) in [4.78, 5) is 23.5. The fraction of sp³-hybridized carbons (Fsp3) is 0.467. The number of hydrogen-bond acceptors (Lipinski definition) is 4. The third-order valence-corrected chi connectivity index (χ3v) is 3.65. The molecule has 4 N–H and O–H groups in total. The van der Waals surface area contributed by atoms with Crippen LogP contribution >= 0.6 is 15.9 Å². The smallest absolute Gasteiger partial charge is 0.226 e. The van der Waals surface area contributed by atoms with Gasteiger partial charge in [0.25, 0.3) is 0 Å². The Morgan fingerprint density at radius 1 is 1.36 bits per heavy atom. The third-order valence-electron chi connectivity index (χ3n) is 3.16. The number of methoxy groups -OCH3 is 1. The monoisotopic (exact) mass is 371 g/mol. The van der Waals surface area contributed by atoms with Crippen LogP contribution < -0.4 is 16.4 Å². The minimum Gasteiger partial charge on any atom is -0.380 e. The molecule has 0 aromatic heterocycles. The molecule has 0 spiro atoms. The molecule has 7 heteroatoms. The van der Waals surface area contributed by atoms with Gasteiger partial charge >= 0.3 is 0 Å². The largest absolute Gasteiger partial charge is 0.380 e. The third kappa shape index (κ3) is 6.55. The first-order valence-electron chi connectivity index (χ1n) is 7.01. The van der Waals surface area contributed by atoms with Gasteiger partial charge in [-0.2, -0.15) is 0 Å². The summed E-state index contributed by atoms with van der Waals surface area (Å²) >= 11 is 3.36. The number of nitrogens with one attached hydrogen (secondary N) is 2. The fourth-order valence-electron chi connectivity index (χ4n) is 1.80. The number of amides is 2. The minimum atomic E-state index is -0.293. The predicted molar refractivity (Wildman–Crippen MR) is 89.6 cm³/mol. The molecule has 0 saturated heterocycles. The Labute approximate surface area is 138 Å². The Kier molecular flexibility index (Phi) is 8.08. The average Bonchev–Trinajstić information content (AvgIpc) is 2.48. The van der Waals surface area contributed by atoms with Crippen molar-refractivity contribution < 1.29 is 14.3 Å². The highest BCUT2D eigenvalue weighted by molar-refractivity contribution is 9.10. The molecule has 0 aliphatic heterocycles. The lowest BCUT2D eigenvalue weighted by atomic mass is 10.2. The van der Waals surface area contributed by atoms with Gasteiger partial charge in [0.2, 0.25) is 11.8 Å². The lowest BCUT2D eigenvalue weighted by Crippen LogP contribution is -2.33. The van der Waals surface area contributed by atoms with E-state index in [-0.39, 0.29) is 43.8 Å². The van der Waals surface area contributed by atoms with Gasteiger partial charge in [-0.1, -0.05) is 22.0 Å². The standard InChI is InChI=1S/C15H22BrN3O3/c1-10-3-4-11(16)7-13(10)19-14(20)5-6-18-15(21)8-12(9-17)22-2/h3-4,7,12H,5-6,8-9,17H2,1-2H3,(H,18,21)(H,19,20). The SMILES string of the molecule is COC(CN)CC(=O)NCCC(=O)Nc1cc(Br)ccc1C. The molecule has 22 heavy (non-hydrogen) atoms. The van der Waals surface area contributed by atoms with Gasteiger partial charge in [0.1, 0.15) is 0 Å². The maximum atomic E-state index is 11.9. The lowest BCUT2D eigenvalue weighted by molar-refractivity contribution is -0.123. The minimum absolute atomic E-state index is 0.149. The lowest BCUT2D eigenvalue weighted by Gasteiger charge is -2.13. The van der Waals surface area contributed by atoms with Crippen molar-refractivity contribution in [3.8, 4) is 0 Å². The molecule has 1 unspecified atom stereocenters. The summed E-state index contributed by atoms with van der Waals surface area (Å²) in [7, 11) is 1.51. The van der Waals surface area contributed by atoms with Crippen LogP contribution in [-0.4, -0.2) is 38.1 Å². The highest BCUT2D eigenvalue weighted by atomic mass is 79.9. The second kappa shape index (κ2) is 9.55. The van der Waals surface area contributed by atoms with Gasteiger partial charge in [0, 0.05) is 36.8 Å². The molecule has 1 rings (SSSR count). The van der Waals surface area contributed by atoms with Crippen LogP contribution in [0.1, 0.15) is 18.4 Å². The Bertz CT molecular complexity index is 519. The molecule has 1 aromatic rings. The first kappa shape index (κ1) is 18.6. The van der Waals surface area contributed by atoms with Crippen molar-refractivity contribution in [2.45, 2.75) is 25.9 Å². The van der Waals surface area contributed by atoms with E-state index in [2.05, 4.69) is 26.6 Å². The second-order valence-corrected chi connectivity index (χ2v) is 5.82. The highest BCUT2D eigenvalue weighted by Gasteiger charge is 2.11. The molecule has 0 heterocycles. The molecule has 0 aliphatic carbocycles. The van der Waals surface area contributed by atoms with Crippen molar-refractivity contribution >= 4 is 33.4 Å². The number of hydrogen-bond donors (Lipinski definition) is 3. The number of nitrogens with two attached hydrogens (primary N) is 1. The summed E-state index contributed by atoms with van der Waals surface area (Å²) in [6.45, 7) is 2.48. The topological polar surface area (TPSA) is 93.4 Å². The molecule has 0 fully saturated rings. The highest BCUT2D eigenvalue weighted by Crippen LogP contribution is 2.20. The number of benzene rings is 1. The van der Waals surface area contributed by atoms with Crippen LogP contribution in [0.15, 0.2) is 22.7 Å². The molecule has 1 aromatic carbocycles. The zero-order chi connectivity index (χ0) is 16.5. The van der Waals surface area contributed by atoms with E-state index < -0.39 is 0 Å². The van der Waals surface area contributed by atoms with E-state index in [1.807, 2.05) is 25.1 Å². The van der Waals surface area contributed by atoms with Gasteiger partial charge in [-0.05, 0) is 24.6 Å². The van der Waals surface area contributed by atoms with Crippen molar-refractivity contribution in [3.63, 3.8) is 0 Å². The summed E-state index contributed by atoms with van der Waals surface area (Å²) in [5.74, 6) is -0.327. The zero-order valence-electron chi connectivity index (χ0n) is 12.8. The number of ether oxygens (including phenoxy) is 1. The summed E-state index contributed by atoms with van der Waals surface area (Å²) in [5, 5.41) is 5.50. The number of aryl methyl sites for hydroxylation is 1. The van der Waals surface area contributed by atoms with Crippen LogP contribution in [-0.2, 0) is 14.3 Å². The molecular formula is C15H22BrN3O3. The van der Waals surface area contributed by atoms with E-state index in [0.717, 1.165) is 15.7 Å². The van der Waals surface area contributed by atoms with Crippen LogP contribution in [0.5, 0.6) is 0 Å². The number of carbonyl (C=O) groups excluding carboxylic acids is 2. The first-order valence-corrected chi connectivity index (χ1v) is 7.81. The van der Waals surface area contributed by atoms with E-state index in [4.69, 9.17) is 10.5 Å². The van der Waals surface area contributed by atoms with Crippen molar-refractivity contribution in [1.82, 2.24) is 5.32 Å². The normalized spacial score (nSPS) is 11.8. The number of halogens is 1. The van der Waals surface area contributed by atoms with Gasteiger partial charge < -0.3 is 21.1 Å². The molecule has 0 radical (unpaired) electrons. The molecule has 1 atom stereocenters. The molecule has 6 nitrogen and oxygen atoms in total. The summed E-state index contributed by atoms with van der Waals surface area (Å²) in [6.07, 6.45) is 0.107. The van der Waals surface area contributed by atoms with Crippen LogP contribution in [0.25, 0.3) is 0 Å². The number of carbonyl (C=O) groups is 2. The summed E-state index contributed by atoms with van der Waals surface area (Å²) in [6, 6.07) is 5.67. The van der Waals surface area contributed by atoms with Crippen LogP contribution in [0.3, 0.4) is 0 Å². The van der Waals surface area contributed by atoms with Crippen molar-refractivity contribution in [2.24, 2.45) is 5.73 Å². The molecule has 0 aliphatic rings. The fourth-order valence-corrected chi connectivity index (χ4v) is 2.16.